The number of aryl methyl sites for hydroxylation is 1. The van der Waals surface area contributed by atoms with E-state index in [1.54, 1.807) is 30.3 Å². The molecule has 0 aromatic heterocycles. The van der Waals surface area contributed by atoms with Gasteiger partial charge >= 0.3 is 0 Å². The average molecular weight is 532 g/mol. The molecule has 39 heavy (non-hydrogen) atoms. The second-order valence-electron chi connectivity index (χ2n) is 10.7. The summed E-state index contributed by atoms with van der Waals surface area (Å²) in [7, 11) is 1.53. The lowest BCUT2D eigenvalue weighted by Gasteiger charge is -2.26. The minimum absolute atomic E-state index is 0.0103. The Balaban J connectivity index is 1.94. The zero-order valence-electron chi connectivity index (χ0n) is 23.2. The second kappa shape index (κ2) is 10.9. The predicted molar refractivity (Wildman–Crippen MR) is 148 cm³/mol. The number of aliphatic hydroxyl groups excluding tert-OH is 1. The highest BCUT2D eigenvalue weighted by molar-refractivity contribution is 6.46. The number of likely N-dealkylation sites (tertiary alicyclic amines) is 1. The SMILES string of the molecule is CCOc1cc(C2/C(=C(\O)c3cc(C(C)(C)C)ccc3C)C(=O)C(=O)N2Cc2ccc(F)cc2)ccc1OC. The van der Waals surface area contributed by atoms with Crippen LogP contribution < -0.4 is 9.47 Å². The third-order valence-corrected chi connectivity index (χ3v) is 6.97. The van der Waals surface area contributed by atoms with Crippen molar-refractivity contribution in [3.63, 3.8) is 0 Å². The zero-order valence-corrected chi connectivity index (χ0v) is 23.2. The van der Waals surface area contributed by atoms with Gasteiger partial charge in [0.15, 0.2) is 11.5 Å². The first kappa shape index (κ1) is 27.9. The lowest BCUT2D eigenvalue weighted by molar-refractivity contribution is -0.140. The first-order chi connectivity index (χ1) is 18.5. The van der Waals surface area contributed by atoms with Crippen LogP contribution in [-0.4, -0.2) is 35.4 Å². The van der Waals surface area contributed by atoms with E-state index in [1.165, 1.54) is 24.1 Å². The Labute approximate surface area is 228 Å². The molecule has 0 aliphatic carbocycles. The summed E-state index contributed by atoms with van der Waals surface area (Å²) in [5.41, 5.74) is 3.26. The molecule has 1 unspecified atom stereocenters. The monoisotopic (exact) mass is 531 g/mol. The van der Waals surface area contributed by atoms with Crippen LogP contribution in [0.3, 0.4) is 0 Å². The zero-order chi connectivity index (χ0) is 28.5. The van der Waals surface area contributed by atoms with E-state index < -0.39 is 23.5 Å². The molecule has 4 rings (SSSR count). The van der Waals surface area contributed by atoms with E-state index in [0.717, 1.165) is 11.1 Å². The number of hydrogen-bond donors (Lipinski definition) is 1. The molecule has 0 radical (unpaired) electrons. The number of rotatable bonds is 7. The molecule has 1 atom stereocenters. The Bertz CT molecular complexity index is 1440. The largest absolute Gasteiger partial charge is 0.507 e. The van der Waals surface area contributed by atoms with Gasteiger partial charge in [0.25, 0.3) is 11.7 Å². The predicted octanol–water partition coefficient (Wildman–Crippen LogP) is 6.46. The minimum Gasteiger partial charge on any atom is -0.507 e. The summed E-state index contributed by atoms with van der Waals surface area (Å²) in [4.78, 5) is 28.4. The van der Waals surface area contributed by atoms with Crippen molar-refractivity contribution in [3.05, 3.63) is 99.9 Å². The fourth-order valence-corrected chi connectivity index (χ4v) is 4.80. The number of ketones is 1. The smallest absolute Gasteiger partial charge is 0.295 e. The number of Topliss-reactive ketones (excluding diaryl/α,β-unsaturated/α-hetero) is 1. The molecule has 3 aromatic carbocycles. The van der Waals surface area contributed by atoms with Crippen LogP contribution in [0, 0.1) is 12.7 Å². The highest BCUT2D eigenvalue weighted by Gasteiger charge is 2.46. The number of methoxy groups -OCH3 is 1. The molecule has 1 amide bonds. The van der Waals surface area contributed by atoms with Crippen LogP contribution in [0.4, 0.5) is 4.39 Å². The van der Waals surface area contributed by atoms with Gasteiger partial charge in [-0.2, -0.15) is 0 Å². The number of benzene rings is 3. The Kier molecular flexibility index (Phi) is 7.82. The van der Waals surface area contributed by atoms with Crippen molar-refractivity contribution in [3.8, 4) is 11.5 Å². The summed E-state index contributed by atoms with van der Waals surface area (Å²) in [5.74, 6) is -1.21. The van der Waals surface area contributed by atoms with Crippen LogP contribution in [0.15, 0.2) is 66.2 Å². The van der Waals surface area contributed by atoms with Crippen molar-refractivity contribution in [2.75, 3.05) is 13.7 Å². The summed E-state index contributed by atoms with van der Waals surface area (Å²) < 4.78 is 24.8. The molecule has 204 valence electrons. The standard InChI is InChI=1S/C32H34FNO5/c1-7-39-26-16-21(11-15-25(26)38-6)28-27(29(35)24-17-22(32(3,4)5)12-8-19(24)2)30(36)31(37)34(28)18-20-9-13-23(33)14-10-20/h8-17,28,35H,7,18H2,1-6H3/b29-27+. The van der Waals surface area contributed by atoms with Crippen LogP contribution in [0.25, 0.3) is 5.76 Å². The van der Waals surface area contributed by atoms with E-state index in [1.807, 2.05) is 32.0 Å². The van der Waals surface area contributed by atoms with E-state index in [9.17, 15) is 19.1 Å². The molecule has 1 saturated heterocycles. The van der Waals surface area contributed by atoms with Gasteiger partial charge in [-0.05, 0) is 71.8 Å². The first-order valence-corrected chi connectivity index (χ1v) is 12.9. The van der Waals surface area contributed by atoms with Crippen molar-refractivity contribution in [1.82, 2.24) is 4.90 Å². The lowest BCUT2D eigenvalue weighted by Crippen LogP contribution is -2.29. The Morgan fingerprint density at radius 1 is 1.00 bits per heavy atom. The van der Waals surface area contributed by atoms with E-state index in [2.05, 4.69) is 20.8 Å². The van der Waals surface area contributed by atoms with Gasteiger partial charge < -0.3 is 19.5 Å². The number of amides is 1. The second-order valence-corrected chi connectivity index (χ2v) is 10.7. The molecular weight excluding hydrogens is 497 g/mol. The van der Waals surface area contributed by atoms with E-state index >= 15 is 0 Å². The molecular formula is C32H34FNO5. The third kappa shape index (κ3) is 5.53. The lowest BCUT2D eigenvalue weighted by atomic mass is 9.84. The van der Waals surface area contributed by atoms with Crippen molar-refractivity contribution in [2.24, 2.45) is 0 Å². The average Bonchev–Trinajstić information content (AvgIpc) is 3.14. The van der Waals surface area contributed by atoms with Crippen molar-refractivity contribution < 1.29 is 28.6 Å². The fourth-order valence-electron chi connectivity index (χ4n) is 4.80. The van der Waals surface area contributed by atoms with E-state index in [0.29, 0.717) is 34.8 Å². The fraction of sp³-hybridized carbons (Fsp3) is 0.312. The molecule has 0 spiro atoms. The molecule has 1 heterocycles. The molecule has 1 aliphatic heterocycles. The molecule has 7 heteroatoms. The summed E-state index contributed by atoms with van der Waals surface area (Å²) in [6, 6.07) is 15.8. The van der Waals surface area contributed by atoms with Crippen LogP contribution in [-0.2, 0) is 21.5 Å². The highest BCUT2D eigenvalue weighted by Crippen LogP contribution is 2.43. The van der Waals surface area contributed by atoms with Crippen molar-refractivity contribution in [1.29, 1.82) is 0 Å². The van der Waals surface area contributed by atoms with E-state index in [-0.39, 0.29) is 23.3 Å². The Morgan fingerprint density at radius 3 is 2.31 bits per heavy atom. The van der Waals surface area contributed by atoms with Crippen LogP contribution in [0.5, 0.6) is 11.5 Å². The number of hydrogen-bond acceptors (Lipinski definition) is 5. The van der Waals surface area contributed by atoms with E-state index in [4.69, 9.17) is 9.47 Å². The van der Waals surface area contributed by atoms with Crippen LogP contribution in [0.1, 0.15) is 61.6 Å². The van der Waals surface area contributed by atoms with Gasteiger partial charge in [-0.25, -0.2) is 4.39 Å². The van der Waals surface area contributed by atoms with Crippen molar-refractivity contribution >= 4 is 17.4 Å². The number of nitrogens with zero attached hydrogens (tertiary/aromatic N) is 1. The van der Waals surface area contributed by atoms with Crippen molar-refractivity contribution in [2.45, 2.75) is 52.6 Å². The number of carbonyl (C=O) groups is 2. The van der Waals surface area contributed by atoms with Crippen LogP contribution >= 0.6 is 0 Å². The summed E-state index contributed by atoms with van der Waals surface area (Å²) in [5, 5.41) is 11.7. The van der Waals surface area contributed by atoms with Gasteiger partial charge in [-0.3, -0.25) is 9.59 Å². The molecule has 0 saturated carbocycles. The maximum absolute atomic E-state index is 13.6. The normalized spacial score (nSPS) is 17.0. The summed E-state index contributed by atoms with van der Waals surface area (Å²) in [6.45, 7) is 10.3. The summed E-state index contributed by atoms with van der Waals surface area (Å²) in [6.07, 6.45) is 0. The number of halogens is 1. The van der Waals surface area contributed by atoms with Gasteiger partial charge in [0.05, 0.1) is 25.3 Å². The third-order valence-electron chi connectivity index (χ3n) is 6.97. The molecule has 6 nitrogen and oxygen atoms in total. The highest BCUT2D eigenvalue weighted by atomic mass is 19.1. The van der Waals surface area contributed by atoms with Gasteiger partial charge in [-0.1, -0.05) is 51.1 Å². The maximum atomic E-state index is 13.6. The molecule has 1 aliphatic rings. The van der Waals surface area contributed by atoms with Gasteiger partial charge in [0.2, 0.25) is 0 Å². The topological polar surface area (TPSA) is 76.1 Å². The number of aliphatic hydroxyl groups is 1. The number of ether oxygens (including phenoxy) is 2. The summed E-state index contributed by atoms with van der Waals surface area (Å²) >= 11 is 0. The Morgan fingerprint density at radius 2 is 1.69 bits per heavy atom. The Hall–Kier alpha value is -4.13. The molecule has 3 aromatic rings. The number of carbonyl (C=O) groups excluding carboxylic acids is 2. The molecule has 1 fully saturated rings. The minimum atomic E-state index is -0.905. The van der Waals surface area contributed by atoms with Gasteiger partial charge in [0, 0.05) is 12.1 Å². The molecule has 0 bridgehead atoms. The maximum Gasteiger partial charge on any atom is 0.295 e. The van der Waals surface area contributed by atoms with Gasteiger partial charge in [-0.15, -0.1) is 0 Å². The first-order valence-electron chi connectivity index (χ1n) is 12.9. The molecule has 1 N–H and O–H groups in total. The van der Waals surface area contributed by atoms with Gasteiger partial charge in [0.1, 0.15) is 11.6 Å². The van der Waals surface area contributed by atoms with Crippen LogP contribution in [0.2, 0.25) is 0 Å². The quantitative estimate of drug-likeness (QED) is 0.215.